The molecule has 1 aliphatic carbocycles. The van der Waals surface area contributed by atoms with Crippen molar-refractivity contribution in [2.24, 2.45) is 0 Å². The maximum absolute atomic E-state index is 6.00. The van der Waals surface area contributed by atoms with Gasteiger partial charge >= 0.3 is 0 Å². The largest absolute Gasteiger partial charge is 0.306 e. The molecule has 0 saturated heterocycles. The zero-order valence-corrected chi connectivity index (χ0v) is 12.5. The van der Waals surface area contributed by atoms with Gasteiger partial charge in [0.05, 0.1) is 23.8 Å². The fourth-order valence-corrected chi connectivity index (χ4v) is 2.63. The van der Waals surface area contributed by atoms with Crippen LogP contribution in [0, 0.1) is 0 Å². The van der Waals surface area contributed by atoms with Crippen molar-refractivity contribution in [3.05, 3.63) is 47.7 Å². The molecule has 0 aliphatic heterocycles. The van der Waals surface area contributed by atoms with Crippen LogP contribution in [0.5, 0.6) is 0 Å². The summed E-state index contributed by atoms with van der Waals surface area (Å²) in [6, 6.07) is 4.28. The van der Waals surface area contributed by atoms with E-state index in [1.54, 1.807) is 4.68 Å². The molecular weight excluding hydrogens is 286 g/mol. The normalized spacial score (nSPS) is 16.5. The third-order valence-electron chi connectivity index (χ3n) is 3.86. The Balaban J connectivity index is 1.60. The number of rotatable bonds is 4. The lowest BCUT2D eigenvalue weighted by atomic mass is 10.2. The van der Waals surface area contributed by atoms with Crippen LogP contribution in [0.4, 0.5) is 0 Å². The van der Waals surface area contributed by atoms with Gasteiger partial charge in [0.1, 0.15) is 11.3 Å². The molecule has 1 atom stereocenters. The summed E-state index contributed by atoms with van der Waals surface area (Å²) in [5, 5.41) is 8.03. The van der Waals surface area contributed by atoms with E-state index in [4.69, 9.17) is 11.6 Å². The average Bonchev–Trinajstić information content (AvgIpc) is 3.07. The molecule has 3 aromatic heterocycles. The van der Waals surface area contributed by atoms with Crippen molar-refractivity contribution in [3.8, 4) is 0 Å². The molecule has 0 spiro atoms. The molecular formula is C15H16ClN5. The monoisotopic (exact) mass is 301 g/mol. The summed E-state index contributed by atoms with van der Waals surface area (Å²) in [6.07, 6.45) is 8.75. The standard InChI is InChI=1S/C15H16ClN5/c1-10(16)14-9-21(19-18-14)8-13-7-20-6-12(11-2-3-11)4-5-15(20)17-13/h4-7,9-11H,2-3,8H2,1H3. The predicted octanol–water partition coefficient (Wildman–Crippen LogP) is 3.15. The number of nitrogens with zero attached hydrogens (tertiary/aromatic N) is 5. The first-order valence-electron chi connectivity index (χ1n) is 7.20. The fourth-order valence-electron chi connectivity index (χ4n) is 2.53. The highest BCUT2D eigenvalue weighted by molar-refractivity contribution is 6.20. The highest BCUT2D eigenvalue weighted by Crippen LogP contribution is 2.39. The van der Waals surface area contributed by atoms with E-state index in [0.29, 0.717) is 6.54 Å². The van der Waals surface area contributed by atoms with Crippen LogP contribution in [0.3, 0.4) is 0 Å². The Morgan fingerprint density at radius 2 is 2.14 bits per heavy atom. The third-order valence-corrected chi connectivity index (χ3v) is 4.08. The number of halogens is 1. The van der Waals surface area contributed by atoms with Crippen molar-refractivity contribution >= 4 is 17.2 Å². The van der Waals surface area contributed by atoms with Crippen molar-refractivity contribution in [3.63, 3.8) is 0 Å². The van der Waals surface area contributed by atoms with E-state index in [2.05, 4.69) is 44.2 Å². The van der Waals surface area contributed by atoms with Gasteiger partial charge in [0.25, 0.3) is 0 Å². The predicted molar refractivity (Wildman–Crippen MR) is 80.6 cm³/mol. The Kier molecular flexibility index (Phi) is 2.96. The van der Waals surface area contributed by atoms with Crippen LogP contribution >= 0.6 is 11.6 Å². The molecule has 21 heavy (non-hydrogen) atoms. The summed E-state index contributed by atoms with van der Waals surface area (Å²) in [7, 11) is 0. The van der Waals surface area contributed by atoms with Crippen LogP contribution in [-0.2, 0) is 6.54 Å². The van der Waals surface area contributed by atoms with E-state index < -0.39 is 0 Å². The molecule has 3 heterocycles. The molecule has 108 valence electrons. The maximum atomic E-state index is 6.00. The lowest BCUT2D eigenvalue weighted by molar-refractivity contribution is 0.640. The minimum absolute atomic E-state index is 0.124. The summed E-state index contributed by atoms with van der Waals surface area (Å²) in [5.74, 6) is 0.753. The zero-order valence-electron chi connectivity index (χ0n) is 11.8. The number of alkyl halides is 1. The van der Waals surface area contributed by atoms with Crippen molar-refractivity contribution in [1.82, 2.24) is 24.4 Å². The van der Waals surface area contributed by atoms with Gasteiger partial charge in [0.15, 0.2) is 0 Å². The molecule has 5 nitrogen and oxygen atoms in total. The van der Waals surface area contributed by atoms with Crippen LogP contribution in [0.1, 0.15) is 48.0 Å². The molecule has 6 heteroatoms. The van der Waals surface area contributed by atoms with Crippen molar-refractivity contribution in [2.75, 3.05) is 0 Å². The quantitative estimate of drug-likeness (QED) is 0.696. The average molecular weight is 302 g/mol. The van der Waals surface area contributed by atoms with Crippen LogP contribution in [0.15, 0.2) is 30.7 Å². The molecule has 0 bridgehead atoms. The van der Waals surface area contributed by atoms with Gasteiger partial charge in [-0.25, -0.2) is 9.67 Å². The van der Waals surface area contributed by atoms with Crippen molar-refractivity contribution in [2.45, 2.75) is 37.6 Å². The number of pyridine rings is 1. The Bertz CT molecular complexity index is 784. The van der Waals surface area contributed by atoms with E-state index in [-0.39, 0.29) is 5.38 Å². The van der Waals surface area contributed by atoms with Gasteiger partial charge in [0.2, 0.25) is 0 Å². The van der Waals surface area contributed by atoms with Crippen LogP contribution < -0.4 is 0 Å². The van der Waals surface area contributed by atoms with Crippen molar-refractivity contribution in [1.29, 1.82) is 0 Å². The van der Waals surface area contributed by atoms with Gasteiger partial charge in [0, 0.05) is 12.4 Å². The molecule has 1 aliphatic rings. The zero-order chi connectivity index (χ0) is 14.4. The second-order valence-electron chi connectivity index (χ2n) is 5.69. The van der Waals surface area contributed by atoms with Crippen LogP contribution in [0.25, 0.3) is 5.65 Å². The lowest BCUT2D eigenvalue weighted by Gasteiger charge is -1.98. The molecule has 0 amide bonds. The topological polar surface area (TPSA) is 48.0 Å². The molecule has 1 unspecified atom stereocenters. The van der Waals surface area contributed by atoms with Gasteiger partial charge in [-0.05, 0) is 37.3 Å². The maximum Gasteiger partial charge on any atom is 0.137 e. The molecule has 3 aromatic rings. The van der Waals surface area contributed by atoms with Gasteiger partial charge in [-0.2, -0.15) is 0 Å². The second-order valence-corrected chi connectivity index (χ2v) is 6.35. The van der Waals surface area contributed by atoms with E-state index in [1.807, 2.05) is 13.1 Å². The third kappa shape index (κ3) is 2.53. The Hall–Kier alpha value is -1.88. The van der Waals surface area contributed by atoms with Gasteiger partial charge in [-0.3, -0.25) is 0 Å². The molecule has 4 rings (SSSR count). The minimum atomic E-state index is -0.124. The van der Waals surface area contributed by atoms with Gasteiger partial charge < -0.3 is 4.40 Å². The summed E-state index contributed by atoms with van der Waals surface area (Å²) in [4.78, 5) is 4.62. The van der Waals surface area contributed by atoms with Gasteiger partial charge in [-0.15, -0.1) is 16.7 Å². The summed E-state index contributed by atoms with van der Waals surface area (Å²) >= 11 is 6.00. The highest BCUT2D eigenvalue weighted by atomic mass is 35.5. The van der Waals surface area contributed by atoms with E-state index >= 15 is 0 Å². The number of fused-ring (bicyclic) bond motifs is 1. The Morgan fingerprint density at radius 3 is 2.86 bits per heavy atom. The first-order chi connectivity index (χ1) is 10.2. The summed E-state index contributed by atoms with van der Waals surface area (Å²) in [6.45, 7) is 2.50. The molecule has 1 fully saturated rings. The SMILES string of the molecule is CC(Cl)c1cn(Cc2cn3cc(C4CC4)ccc3n2)nn1. The Labute approximate surface area is 127 Å². The number of aromatic nitrogens is 5. The minimum Gasteiger partial charge on any atom is -0.306 e. The van der Waals surface area contributed by atoms with E-state index in [1.165, 1.54) is 18.4 Å². The first kappa shape index (κ1) is 12.8. The number of hydrogen-bond acceptors (Lipinski definition) is 3. The number of imidazole rings is 1. The van der Waals surface area contributed by atoms with Crippen LogP contribution in [-0.4, -0.2) is 24.4 Å². The second kappa shape index (κ2) is 4.84. The molecule has 1 saturated carbocycles. The van der Waals surface area contributed by atoms with Crippen molar-refractivity contribution < 1.29 is 0 Å². The summed E-state index contributed by atoms with van der Waals surface area (Å²) in [5.41, 5.74) is 4.14. The van der Waals surface area contributed by atoms with E-state index in [9.17, 15) is 0 Å². The lowest BCUT2D eigenvalue weighted by Crippen LogP contribution is -2.00. The fraction of sp³-hybridized carbons (Fsp3) is 0.400. The molecule has 0 radical (unpaired) electrons. The molecule has 0 N–H and O–H groups in total. The Morgan fingerprint density at radius 1 is 1.29 bits per heavy atom. The van der Waals surface area contributed by atoms with Crippen LogP contribution in [0.2, 0.25) is 0 Å². The van der Waals surface area contributed by atoms with Gasteiger partial charge in [-0.1, -0.05) is 11.3 Å². The smallest absolute Gasteiger partial charge is 0.137 e. The number of hydrogen-bond donors (Lipinski definition) is 0. The van der Waals surface area contributed by atoms with E-state index in [0.717, 1.165) is 23.0 Å². The first-order valence-corrected chi connectivity index (χ1v) is 7.64. The molecule has 0 aromatic carbocycles. The highest BCUT2D eigenvalue weighted by Gasteiger charge is 2.23. The summed E-state index contributed by atoms with van der Waals surface area (Å²) < 4.78 is 3.88.